The number of rotatable bonds is 2. The van der Waals surface area contributed by atoms with Gasteiger partial charge >= 0.3 is 0 Å². The van der Waals surface area contributed by atoms with Gasteiger partial charge in [0, 0.05) is 20.2 Å². The van der Waals surface area contributed by atoms with Crippen LogP contribution in [-0.2, 0) is 0 Å². The van der Waals surface area contributed by atoms with Crippen LogP contribution in [-0.4, -0.2) is 0 Å². The molecule has 0 spiro atoms. The van der Waals surface area contributed by atoms with Crippen molar-refractivity contribution in [2.24, 2.45) is 0 Å². The monoisotopic (exact) mass is 560 g/mol. The van der Waals surface area contributed by atoms with Crippen LogP contribution in [0.3, 0.4) is 0 Å². The van der Waals surface area contributed by atoms with E-state index in [4.69, 9.17) is 0 Å². The first-order valence-electron chi connectivity index (χ1n) is 14.8. The molecule has 0 bridgehead atoms. The molecule has 198 valence electrons. The van der Waals surface area contributed by atoms with Gasteiger partial charge in [0.25, 0.3) is 0 Å². The summed E-state index contributed by atoms with van der Waals surface area (Å²) >= 11 is 1.88. The Bertz CT molecular complexity index is 2710. The van der Waals surface area contributed by atoms with E-state index >= 15 is 0 Å². The number of benzene rings is 9. The lowest BCUT2D eigenvalue weighted by Crippen LogP contribution is -1.87. The average molecular weight is 561 g/mol. The first-order valence-corrected chi connectivity index (χ1v) is 15.7. The van der Waals surface area contributed by atoms with Crippen LogP contribution in [0.5, 0.6) is 0 Å². The highest BCUT2D eigenvalue weighted by Crippen LogP contribution is 2.43. The van der Waals surface area contributed by atoms with Crippen LogP contribution in [0.2, 0.25) is 0 Å². The largest absolute Gasteiger partial charge is 0.135 e. The van der Waals surface area contributed by atoms with Gasteiger partial charge in [-0.3, -0.25) is 0 Å². The van der Waals surface area contributed by atoms with Crippen LogP contribution in [0.1, 0.15) is 0 Å². The molecule has 1 heteroatoms. The van der Waals surface area contributed by atoms with Gasteiger partial charge in [0.1, 0.15) is 0 Å². The van der Waals surface area contributed by atoms with Crippen molar-refractivity contribution in [1.82, 2.24) is 0 Å². The maximum Gasteiger partial charge on any atom is 0.0355 e. The minimum atomic E-state index is 1.27. The van der Waals surface area contributed by atoms with E-state index < -0.39 is 0 Å². The van der Waals surface area contributed by atoms with Gasteiger partial charge in [-0.2, -0.15) is 0 Å². The molecule has 0 aliphatic heterocycles. The predicted octanol–water partition coefficient (Wildman–Crippen LogP) is 12.6. The van der Waals surface area contributed by atoms with Gasteiger partial charge in [0.15, 0.2) is 0 Å². The Morgan fingerprint density at radius 2 is 0.860 bits per heavy atom. The van der Waals surface area contributed by atoms with Crippen molar-refractivity contribution in [1.29, 1.82) is 0 Å². The molecule has 10 rings (SSSR count). The van der Waals surface area contributed by atoms with Crippen LogP contribution in [0.25, 0.3) is 96.3 Å². The number of fused-ring (bicyclic) bond motifs is 6. The normalized spacial score (nSPS) is 12.2. The highest BCUT2D eigenvalue weighted by molar-refractivity contribution is 7.25. The average Bonchev–Trinajstić information content (AvgIpc) is 3.44. The Kier molecular flexibility index (Phi) is 4.69. The summed E-state index contributed by atoms with van der Waals surface area (Å²) in [5.41, 5.74) is 5.12. The van der Waals surface area contributed by atoms with Crippen molar-refractivity contribution >= 4 is 85.4 Å². The Morgan fingerprint density at radius 1 is 0.302 bits per heavy atom. The lowest BCUT2D eigenvalue weighted by atomic mass is 9.89. The lowest BCUT2D eigenvalue weighted by molar-refractivity contribution is 1.71. The summed E-state index contributed by atoms with van der Waals surface area (Å²) in [6, 6.07) is 54.3. The molecule has 0 N–H and O–H groups in total. The highest BCUT2D eigenvalue weighted by atomic mass is 32.1. The summed E-state index contributed by atoms with van der Waals surface area (Å²) in [6.45, 7) is 0. The molecule has 0 nitrogen and oxygen atoms in total. The molecule has 0 radical (unpaired) electrons. The number of thiophene rings is 1. The lowest BCUT2D eigenvalue weighted by Gasteiger charge is -2.14. The SMILES string of the molecule is c1ccc2c(c1)ccc1c(-c3ccc4sc5ccc(-c6ccc7ccc8cccc9ccc6c7c89)cc5c4c3)cccc12. The maximum atomic E-state index is 2.42. The molecular formula is C42H24S. The Morgan fingerprint density at radius 3 is 1.65 bits per heavy atom. The summed E-state index contributed by atoms with van der Waals surface area (Å²) in [6.07, 6.45) is 0. The summed E-state index contributed by atoms with van der Waals surface area (Å²) in [5, 5.41) is 15.8. The molecule has 10 aromatic rings. The van der Waals surface area contributed by atoms with Crippen LogP contribution >= 0.6 is 11.3 Å². The molecule has 0 aliphatic rings. The molecule has 0 amide bonds. The van der Waals surface area contributed by atoms with E-state index in [1.165, 1.54) is 96.3 Å². The van der Waals surface area contributed by atoms with Crippen molar-refractivity contribution in [3.8, 4) is 22.3 Å². The summed E-state index contributed by atoms with van der Waals surface area (Å²) < 4.78 is 2.66. The topological polar surface area (TPSA) is 0 Å². The van der Waals surface area contributed by atoms with Crippen LogP contribution < -0.4 is 0 Å². The van der Waals surface area contributed by atoms with Gasteiger partial charge in [-0.05, 0) is 100 Å². The first kappa shape index (κ1) is 23.3. The maximum absolute atomic E-state index is 2.42. The smallest absolute Gasteiger partial charge is 0.0355 e. The minimum absolute atomic E-state index is 1.27. The second-order valence-electron chi connectivity index (χ2n) is 11.7. The molecule has 9 aromatic carbocycles. The summed E-state index contributed by atoms with van der Waals surface area (Å²) in [7, 11) is 0. The minimum Gasteiger partial charge on any atom is -0.135 e. The first-order chi connectivity index (χ1) is 21.3. The molecule has 1 heterocycles. The fourth-order valence-corrected chi connectivity index (χ4v) is 8.46. The van der Waals surface area contributed by atoms with E-state index in [0.29, 0.717) is 0 Å². The van der Waals surface area contributed by atoms with Gasteiger partial charge in [0.05, 0.1) is 0 Å². The van der Waals surface area contributed by atoms with Gasteiger partial charge in [-0.1, -0.05) is 121 Å². The van der Waals surface area contributed by atoms with Crippen molar-refractivity contribution in [2.45, 2.75) is 0 Å². The third-order valence-electron chi connectivity index (χ3n) is 9.41. The third-order valence-corrected chi connectivity index (χ3v) is 10.6. The van der Waals surface area contributed by atoms with Crippen molar-refractivity contribution in [3.05, 3.63) is 146 Å². The Labute approximate surface area is 252 Å². The molecule has 0 aliphatic carbocycles. The second kappa shape index (κ2) is 8.64. The van der Waals surface area contributed by atoms with E-state index in [1.807, 2.05) is 11.3 Å². The van der Waals surface area contributed by atoms with E-state index in [-0.39, 0.29) is 0 Å². The second-order valence-corrected chi connectivity index (χ2v) is 12.8. The Balaban J connectivity index is 1.19. The number of hydrogen-bond donors (Lipinski definition) is 0. The van der Waals surface area contributed by atoms with Crippen LogP contribution in [0.4, 0.5) is 0 Å². The Hall–Kier alpha value is -5.24. The molecular weight excluding hydrogens is 537 g/mol. The zero-order chi connectivity index (χ0) is 28.1. The fourth-order valence-electron chi connectivity index (χ4n) is 7.39. The standard InChI is InChI=1S/C42H24S/c1-2-8-31-25(5-1)13-19-35-32(9-4-10-34(31)35)29-16-21-39-37(23-29)38-24-30(17-22-40(38)43-39)33-18-14-28-12-11-26-6-3-7-27-15-20-36(33)42(28)41(26)27/h1-24H. The van der Waals surface area contributed by atoms with E-state index in [0.717, 1.165) is 0 Å². The molecule has 0 saturated carbocycles. The summed E-state index contributed by atoms with van der Waals surface area (Å²) in [4.78, 5) is 0. The van der Waals surface area contributed by atoms with Crippen molar-refractivity contribution in [2.75, 3.05) is 0 Å². The van der Waals surface area contributed by atoms with E-state index in [2.05, 4.69) is 146 Å². The molecule has 43 heavy (non-hydrogen) atoms. The predicted molar refractivity (Wildman–Crippen MR) is 189 cm³/mol. The van der Waals surface area contributed by atoms with Gasteiger partial charge in [0.2, 0.25) is 0 Å². The van der Waals surface area contributed by atoms with Crippen molar-refractivity contribution in [3.63, 3.8) is 0 Å². The molecule has 0 fully saturated rings. The molecule has 0 saturated heterocycles. The molecule has 0 atom stereocenters. The quantitative estimate of drug-likeness (QED) is 0.184. The highest BCUT2D eigenvalue weighted by Gasteiger charge is 2.15. The van der Waals surface area contributed by atoms with Gasteiger partial charge in [-0.25, -0.2) is 0 Å². The van der Waals surface area contributed by atoms with Crippen LogP contribution in [0, 0.1) is 0 Å². The third kappa shape index (κ3) is 3.31. The van der Waals surface area contributed by atoms with Gasteiger partial charge < -0.3 is 0 Å². The zero-order valence-electron chi connectivity index (χ0n) is 23.3. The fraction of sp³-hybridized carbons (Fsp3) is 0. The van der Waals surface area contributed by atoms with Gasteiger partial charge in [-0.15, -0.1) is 11.3 Å². The summed E-state index contributed by atoms with van der Waals surface area (Å²) in [5.74, 6) is 0. The van der Waals surface area contributed by atoms with Crippen molar-refractivity contribution < 1.29 is 0 Å². The zero-order valence-corrected chi connectivity index (χ0v) is 24.1. The van der Waals surface area contributed by atoms with Crippen LogP contribution in [0.15, 0.2) is 146 Å². The number of hydrogen-bond acceptors (Lipinski definition) is 1. The van der Waals surface area contributed by atoms with E-state index in [9.17, 15) is 0 Å². The van der Waals surface area contributed by atoms with E-state index in [1.54, 1.807) is 0 Å². The molecule has 1 aromatic heterocycles. The molecule has 0 unspecified atom stereocenters.